The molecule has 6 nitrogen and oxygen atoms in total. The van der Waals surface area contributed by atoms with Crippen LogP contribution in [0.15, 0.2) is 65.8 Å². The average molecular weight is 444 g/mol. The van der Waals surface area contributed by atoms with Gasteiger partial charge in [0.25, 0.3) is 0 Å². The molecule has 158 valence electrons. The number of nitrogens with one attached hydrogen (secondary N) is 2. The Kier molecular flexibility index (Phi) is 6.89. The van der Waals surface area contributed by atoms with Crippen molar-refractivity contribution in [2.45, 2.75) is 16.6 Å². The Morgan fingerprint density at radius 3 is 2.83 bits per heavy atom. The number of nitrogens with zero attached hydrogens (tertiary/aromatic N) is 1. The molecule has 1 saturated heterocycles. The standard InChI is InChI=1S/C22H25N3O3S2/c26-30(27,22-3-1-2-18-13-23-9-8-21(18)22)16-24-10-11-28-19-6-4-17(5-7-19)12-20-14-25-15-29-20/h1-9,13,20,24-25H,10-12,14-16H2. The van der Waals surface area contributed by atoms with Crippen LogP contribution in [0, 0.1) is 0 Å². The minimum Gasteiger partial charge on any atom is -0.492 e. The molecule has 2 heterocycles. The zero-order chi connectivity index (χ0) is 20.8. The third-order valence-corrected chi connectivity index (χ3v) is 7.78. The second kappa shape index (κ2) is 9.78. The maximum Gasteiger partial charge on any atom is 0.191 e. The van der Waals surface area contributed by atoms with E-state index in [0.717, 1.165) is 30.0 Å². The van der Waals surface area contributed by atoms with E-state index in [1.807, 2.05) is 30.0 Å². The van der Waals surface area contributed by atoms with Crippen LogP contribution in [0.25, 0.3) is 10.8 Å². The number of sulfone groups is 1. The largest absolute Gasteiger partial charge is 0.492 e. The van der Waals surface area contributed by atoms with Gasteiger partial charge < -0.3 is 10.1 Å². The Morgan fingerprint density at radius 2 is 2.03 bits per heavy atom. The lowest BCUT2D eigenvalue weighted by atomic mass is 10.1. The first kappa shape index (κ1) is 21.1. The third-order valence-electron chi connectivity index (χ3n) is 5.00. The summed E-state index contributed by atoms with van der Waals surface area (Å²) >= 11 is 1.96. The van der Waals surface area contributed by atoms with Gasteiger partial charge in [0.2, 0.25) is 0 Å². The number of fused-ring (bicyclic) bond motifs is 1. The van der Waals surface area contributed by atoms with Gasteiger partial charge in [0.05, 0.1) is 4.90 Å². The molecular formula is C22H25N3O3S2. The fourth-order valence-corrected chi connectivity index (χ4v) is 5.85. The maximum atomic E-state index is 12.7. The van der Waals surface area contributed by atoms with Gasteiger partial charge in [0.15, 0.2) is 9.84 Å². The van der Waals surface area contributed by atoms with Crippen molar-refractivity contribution in [1.82, 2.24) is 15.6 Å². The monoisotopic (exact) mass is 443 g/mol. The fourth-order valence-electron chi connectivity index (χ4n) is 3.46. The fraction of sp³-hybridized carbons (Fsp3) is 0.318. The average Bonchev–Trinajstić information content (AvgIpc) is 3.27. The van der Waals surface area contributed by atoms with Gasteiger partial charge in [-0.3, -0.25) is 10.3 Å². The highest BCUT2D eigenvalue weighted by molar-refractivity contribution is 8.00. The quantitative estimate of drug-likeness (QED) is 0.492. The number of rotatable bonds is 9. The molecule has 1 unspecified atom stereocenters. The molecule has 0 spiro atoms. The van der Waals surface area contributed by atoms with E-state index in [9.17, 15) is 8.42 Å². The summed E-state index contributed by atoms with van der Waals surface area (Å²) < 4.78 is 31.2. The van der Waals surface area contributed by atoms with E-state index in [2.05, 4.69) is 27.8 Å². The highest BCUT2D eigenvalue weighted by atomic mass is 32.2. The molecule has 1 aromatic heterocycles. The molecule has 0 aliphatic carbocycles. The van der Waals surface area contributed by atoms with Crippen molar-refractivity contribution in [3.05, 3.63) is 66.5 Å². The summed E-state index contributed by atoms with van der Waals surface area (Å²) in [7, 11) is -3.45. The van der Waals surface area contributed by atoms with Crippen LogP contribution in [0.5, 0.6) is 5.75 Å². The van der Waals surface area contributed by atoms with Gasteiger partial charge in [-0.2, -0.15) is 0 Å². The first-order chi connectivity index (χ1) is 14.6. The Morgan fingerprint density at radius 1 is 1.17 bits per heavy atom. The minimum absolute atomic E-state index is 0.135. The van der Waals surface area contributed by atoms with Gasteiger partial charge in [-0.25, -0.2) is 8.42 Å². The van der Waals surface area contributed by atoms with E-state index in [0.29, 0.717) is 28.7 Å². The molecule has 0 radical (unpaired) electrons. The highest BCUT2D eigenvalue weighted by Gasteiger charge is 2.17. The zero-order valence-electron chi connectivity index (χ0n) is 16.6. The SMILES string of the molecule is O=S(=O)(CNCCOc1ccc(CC2CNCS2)cc1)c1cccc2cnccc12. The summed E-state index contributed by atoms with van der Waals surface area (Å²) in [6.45, 7) is 1.90. The maximum absolute atomic E-state index is 12.7. The third kappa shape index (κ3) is 5.31. The zero-order valence-corrected chi connectivity index (χ0v) is 18.2. The Balaban J connectivity index is 1.24. The van der Waals surface area contributed by atoms with Crippen molar-refractivity contribution >= 4 is 32.4 Å². The number of aromatic nitrogens is 1. The lowest BCUT2D eigenvalue weighted by molar-refractivity contribution is 0.317. The number of hydrogen-bond acceptors (Lipinski definition) is 7. The molecule has 0 bridgehead atoms. The van der Waals surface area contributed by atoms with Crippen molar-refractivity contribution in [2.75, 3.05) is 31.4 Å². The lowest BCUT2D eigenvalue weighted by Gasteiger charge is -2.11. The predicted octanol–water partition coefficient (Wildman–Crippen LogP) is 2.84. The van der Waals surface area contributed by atoms with E-state index in [1.165, 1.54) is 5.56 Å². The Hall–Kier alpha value is -2.13. The van der Waals surface area contributed by atoms with Gasteiger partial charge in [0.1, 0.15) is 18.2 Å². The van der Waals surface area contributed by atoms with E-state index in [1.54, 1.807) is 30.6 Å². The van der Waals surface area contributed by atoms with Crippen LogP contribution in [0.4, 0.5) is 0 Å². The van der Waals surface area contributed by atoms with E-state index in [4.69, 9.17) is 4.74 Å². The lowest BCUT2D eigenvalue weighted by Crippen LogP contribution is -2.27. The van der Waals surface area contributed by atoms with Crippen molar-refractivity contribution in [3.63, 3.8) is 0 Å². The van der Waals surface area contributed by atoms with Crippen molar-refractivity contribution in [1.29, 1.82) is 0 Å². The second-order valence-corrected chi connectivity index (χ2v) is 10.4. The summed E-state index contributed by atoms with van der Waals surface area (Å²) in [4.78, 5) is 4.37. The first-order valence-electron chi connectivity index (χ1n) is 9.92. The number of ether oxygens (including phenoxy) is 1. The summed E-state index contributed by atoms with van der Waals surface area (Å²) in [5.41, 5.74) is 1.30. The second-order valence-electron chi connectivity index (χ2n) is 7.20. The van der Waals surface area contributed by atoms with Gasteiger partial charge >= 0.3 is 0 Å². The normalized spacial score (nSPS) is 16.7. The Bertz CT molecular complexity index is 1080. The first-order valence-corrected chi connectivity index (χ1v) is 12.6. The molecule has 3 aromatic rings. The molecule has 4 rings (SSSR count). The number of benzene rings is 2. The summed E-state index contributed by atoms with van der Waals surface area (Å²) in [5.74, 6) is 1.69. The van der Waals surface area contributed by atoms with Gasteiger partial charge in [-0.1, -0.05) is 24.3 Å². The molecular weight excluding hydrogens is 418 g/mol. The van der Waals surface area contributed by atoms with Gasteiger partial charge in [0, 0.05) is 47.4 Å². The predicted molar refractivity (Wildman–Crippen MR) is 122 cm³/mol. The van der Waals surface area contributed by atoms with Crippen molar-refractivity contribution in [2.24, 2.45) is 0 Å². The number of hydrogen-bond donors (Lipinski definition) is 2. The van der Waals surface area contributed by atoms with E-state index >= 15 is 0 Å². The molecule has 0 amide bonds. The molecule has 2 aromatic carbocycles. The topological polar surface area (TPSA) is 80.3 Å². The van der Waals surface area contributed by atoms with Crippen LogP contribution in [0.3, 0.4) is 0 Å². The summed E-state index contributed by atoms with van der Waals surface area (Å²) in [6.07, 6.45) is 4.34. The molecule has 1 fully saturated rings. The van der Waals surface area contributed by atoms with Crippen LogP contribution in [-0.2, 0) is 16.3 Å². The molecule has 2 N–H and O–H groups in total. The number of thioether (sulfide) groups is 1. The van der Waals surface area contributed by atoms with Gasteiger partial charge in [-0.15, -0.1) is 11.8 Å². The van der Waals surface area contributed by atoms with E-state index in [-0.39, 0.29) is 5.88 Å². The number of pyridine rings is 1. The molecule has 1 atom stereocenters. The van der Waals surface area contributed by atoms with Gasteiger partial charge in [-0.05, 0) is 36.2 Å². The molecule has 30 heavy (non-hydrogen) atoms. The summed E-state index contributed by atoms with van der Waals surface area (Å²) in [5, 5.41) is 8.48. The van der Waals surface area contributed by atoms with Crippen LogP contribution in [0.2, 0.25) is 0 Å². The van der Waals surface area contributed by atoms with Crippen LogP contribution < -0.4 is 15.4 Å². The summed E-state index contributed by atoms with van der Waals surface area (Å²) in [6, 6.07) is 15.1. The van der Waals surface area contributed by atoms with Crippen LogP contribution >= 0.6 is 11.8 Å². The van der Waals surface area contributed by atoms with Crippen LogP contribution in [0.1, 0.15) is 5.56 Å². The molecule has 1 aliphatic rings. The van der Waals surface area contributed by atoms with Crippen molar-refractivity contribution < 1.29 is 13.2 Å². The Labute approximate surface area is 181 Å². The van der Waals surface area contributed by atoms with Crippen molar-refractivity contribution in [3.8, 4) is 5.75 Å². The highest BCUT2D eigenvalue weighted by Crippen LogP contribution is 2.23. The minimum atomic E-state index is -3.45. The smallest absolute Gasteiger partial charge is 0.191 e. The molecule has 0 saturated carbocycles. The molecule has 1 aliphatic heterocycles. The van der Waals surface area contributed by atoms with E-state index < -0.39 is 9.84 Å². The van der Waals surface area contributed by atoms with Crippen LogP contribution in [-0.4, -0.2) is 50.1 Å². The molecule has 8 heteroatoms.